The molecular weight excluding hydrogens is 149 g/mol. The summed E-state index contributed by atoms with van der Waals surface area (Å²) in [4.78, 5) is 0. The third-order valence-corrected chi connectivity index (χ3v) is 2.29. The third kappa shape index (κ3) is 1.15. The molecule has 2 heterocycles. The summed E-state index contributed by atoms with van der Waals surface area (Å²) >= 11 is 0. The van der Waals surface area contributed by atoms with Crippen molar-refractivity contribution in [1.29, 1.82) is 0 Å². The van der Waals surface area contributed by atoms with Gasteiger partial charge in [-0.15, -0.1) is 9.60 Å². The highest BCUT2D eigenvalue weighted by Crippen LogP contribution is 2.34. The molecule has 2 saturated heterocycles. The molecule has 0 aromatic carbocycles. The van der Waals surface area contributed by atoms with E-state index in [1.807, 2.05) is 6.92 Å². The van der Waals surface area contributed by atoms with Crippen LogP contribution >= 0.6 is 0 Å². The fraction of sp³-hybridized carbons (Fsp3) is 1.00. The van der Waals surface area contributed by atoms with E-state index in [0.717, 1.165) is 5.12 Å². The number of hydrogen-bond donors (Lipinski definition) is 0. The number of ether oxygens (including phenoxy) is 2. The molecule has 0 saturated carbocycles. The zero-order valence-electron chi connectivity index (χ0n) is 6.55. The number of hydrogen-bond acceptors (Lipinski definition) is 3. The Morgan fingerprint density at radius 1 is 1.45 bits per heavy atom. The first-order valence-corrected chi connectivity index (χ1v) is 3.92. The summed E-state index contributed by atoms with van der Waals surface area (Å²) in [5.41, 5.74) is 0. The van der Waals surface area contributed by atoms with E-state index in [1.165, 1.54) is 0 Å². The average molecular weight is 161 g/mol. The van der Waals surface area contributed by atoms with Gasteiger partial charge in [-0.2, -0.15) is 0 Å². The van der Waals surface area contributed by atoms with Crippen LogP contribution < -0.4 is 0 Å². The van der Waals surface area contributed by atoms with E-state index in [2.05, 4.69) is 0 Å². The highest BCUT2D eigenvalue weighted by Gasteiger charge is 2.47. The fourth-order valence-electron chi connectivity index (χ4n) is 1.71. The molecule has 1 spiro atoms. The van der Waals surface area contributed by atoms with Gasteiger partial charge in [0.25, 0.3) is 0 Å². The van der Waals surface area contributed by atoms with Crippen LogP contribution in [-0.4, -0.2) is 36.7 Å². The highest BCUT2D eigenvalue weighted by molar-refractivity contribution is 4.88. The van der Waals surface area contributed by atoms with Gasteiger partial charge in [-0.05, 0) is 6.92 Å². The summed E-state index contributed by atoms with van der Waals surface area (Å²) in [6, 6.07) is -0.0758. The van der Waals surface area contributed by atoms with E-state index in [1.54, 1.807) is 0 Å². The Labute approximate surface area is 65.0 Å². The van der Waals surface area contributed by atoms with E-state index in [9.17, 15) is 4.48 Å². The summed E-state index contributed by atoms with van der Waals surface area (Å²) < 4.78 is 23.6. The Bertz CT molecular complexity index is 147. The van der Waals surface area contributed by atoms with Crippen molar-refractivity contribution in [3.8, 4) is 0 Å². The van der Waals surface area contributed by atoms with Crippen LogP contribution in [0.15, 0.2) is 0 Å². The van der Waals surface area contributed by atoms with Crippen molar-refractivity contribution in [1.82, 2.24) is 5.12 Å². The van der Waals surface area contributed by atoms with E-state index < -0.39 is 5.79 Å². The summed E-state index contributed by atoms with van der Waals surface area (Å²) in [6.07, 6.45) is 0.642. The predicted molar refractivity (Wildman–Crippen MR) is 36.5 cm³/mol. The van der Waals surface area contributed by atoms with Crippen LogP contribution in [0.2, 0.25) is 0 Å². The Balaban J connectivity index is 2.06. The first-order valence-electron chi connectivity index (χ1n) is 3.92. The fourth-order valence-corrected chi connectivity index (χ4v) is 1.71. The first kappa shape index (κ1) is 7.46. The lowest BCUT2D eigenvalue weighted by molar-refractivity contribution is -0.155. The molecule has 2 rings (SSSR count). The maximum absolute atomic E-state index is 12.9. The Kier molecular flexibility index (Phi) is 1.63. The van der Waals surface area contributed by atoms with E-state index in [-0.39, 0.29) is 12.6 Å². The van der Waals surface area contributed by atoms with Crippen molar-refractivity contribution >= 4 is 0 Å². The van der Waals surface area contributed by atoms with Crippen molar-refractivity contribution < 1.29 is 14.0 Å². The van der Waals surface area contributed by atoms with Gasteiger partial charge in [-0.25, -0.2) is 0 Å². The standard InChI is InChI=1S/C7H12FNO2/c1-6-4-7(5-9(6)8)10-2-3-11-7/h6H,2-5H2,1H3. The Morgan fingerprint density at radius 2 is 2.09 bits per heavy atom. The van der Waals surface area contributed by atoms with E-state index in [0.29, 0.717) is 19.6 Å². The van der Waals surface area contributed by atoms with E-state index >= 15 is 0 Å². The minimum atomic E-state index is -0.617. The summed E-state index contributed by atoms with van der Waals surface area (Å²) in [5.74, 6) is -0.617. The van der Waals surface area contributed by atoms with Crippen LogP contribution in [0.5, 0.6) is 0 Å². The summed E-state index contributed by atoms with van der Waals surface area (Å²) in [5, 5.41) is 0.783. The van der Waals surface area contributed by atoms with Crippen molar-refractivity contribution in [2.75, 3.05) is 19.8 Å². The predicted octanol–water partition coefficient (Wildman–Crippen LogP) is 0.708. The maximum Gasteiger partial charge on any atom is 0.185 e. The summed E-state index contributed by atoms with van der Waals surface area (Å²) in [6.45, 7) is 3.29. The zero-order chi connectivity index (χ0) is 7.90. The van der Waals surface area contributed by atoms with Crippen LogP contribution in [0.3, 0.4) is 0 Å². The monoisotopic (exact) mass is 161 g/mol. The maximum atomic E-state index is 12.9. The molecule has 0 aliphatic carbocycles. The molecule has 0 aromatic rings. The molecule has 11 heavy (non-hydrogen) atoms. The molecule has 1 atom stereocenters. The Hall–Kier alpha value is -0.190. The number of halogens is 1. The molecule has 0 bridgehead atoms. The van der Waals surface area contributed by atoms with Crippen molar-refractivity contribution in [3.05, 3.63) is 0 Å². The lowest BCUT2D eigenvalue weighted by Crippen LogP contribution is -2.31. The smallest absolute Gasteiger partial charge is 0.185 e. The second kappa shape index (κ2) is 2.40. The van der Waals surface area contributed by atoms with Crippen molar-refractivity contribution in [3.63, 3.8) is 0 Å². The van der Waals surface area contributed by atoms with Gasteiger partial charge >= 0.3 is 0 Å². The van der Waals surface area contributed by atoms with Crippen LogP contribution in [-0.2, 0) is 9.47 Å². The third-order valence-electron chi connectivity index (χ3n) is 2.29. The van der Waals surface area contributed by atoms with Crippen LogP contribution in [0.4, 0.5) is 4.48 Å². The molecule has 0 N–H and O–H groups in total. The SMILES string of the molecule is CC1CC2(CN1F)OCCO2. The van der Waals surface area contributed by atoms with Gasteiger partial charge in [0, 0.05) is 12.5 Å². The molecule has 2 aliphatic rings. The molecular formula is C7H12FNO2. The number of rotatable bonds is 0. The van der Waals surface area contributed by atoms with Crippen LogP contribution in [0, 0.1) is 0 Å². The lowest BCUT2D eigenvalue weighted by atomic mass is 10.2. The van der Waals surface area contributed by atoms with E-state index in [4.69, 9.17) is 9.47 Å². The molecule has 2 aliphatic heterocycles. The molecule has 64 valence electrons. The average Bonchev–Trinajstić information content (AvgIpc) is 2.46. The number of nitrogens with zero attached hydrogens (tertiary/aromatic N) is 1. The van der Waals surface area contributed by atoms with Crippen molar-refractivity contribution in [2.45, 2.75) is 25.2 Å². The topological polar surface area (TPSA) is 21.7 Å². The normalized spacial score (nSPS) is 37.1. The second-order valence-corrected chi connectivity index (χ2v) is 3.22. The van der Waals surface area contributed by atoms with Crippen LogP contribution in [0.25, 0.3) is 0 Å². The van der Waals surface area contributed by atoms with Gasteiger partial charge in [0.1, 0.15) is 0 Å². The minimum absolute atomic E-state index is 0.0758. The molecule has 4 heteroatoms. The van der Waals surface area contributed by atoms with Gasteiger partial charge in [-0.3, -0.25) is 0 Å². The minimum Gasteiger partial charge on any atom is -0.346 e. The van der Waals surface area contributed by atoms with Gasteiger partial charge in [0.2, 0.25) is 0 Å². The molecule has 3 nitrogen and oxygen atoms in total. The second-order valence-electron chi connectivity index (χ2n) is 3.22. The largest absolute Gasteiger partial charge is 0.346 e. The zero-order valence-corrected chi connectivity index (χ0v) is 6.55. The van der Waals surface area contributed by atoms with Gasteiger partial charge in [0.05, 0.1) is 19.8 Å². The van der Waals surface area contributed by atoms with Gasteiger partial charge in [-0.1, -0.05) is 0 Å². The van der Waals surface area contributed by atoms with Gasteiger partial charge < -0.3 is 9.47 Å². The highest BCUT2D eigenvalue weighted by atomic mass is 19.2. The molecule has 0 amide bonds. The van der Waals surface area contributed by atoms with Gasteiger partial charge in [0.15, 0.2) is 5.79 Å². The lowest BCUT2D eigenvalue weighted by Gasteiger charge is -2.19. The quantitative estimate of drug-likeness (QED) is 0.488. The molecule has 2 fully saturated rings. The molecule has 0 radical (unpaired) electrons. The molecule has 0 aromatic heterocycles. The molecule has 1 unspecified atom stereocenters. The van der Waals surface area contributed by atoms with Crippen LogP contribution in [0.1, 0.15) is 13.3 Å². The summed E-state index contributed by atoms with van der Waals surface area (Å²) in [7, 11) is 0. The first-order chi connectivity index (χ1) is 5.22. The van der Waals surface area contributed by atoms with Crippen molar-refractivity contribution in [2.24, 2.45) is 0 Å². The Morgan fingerprint density at radius 3 is 2.55 bits per heavy atom.